The minimum absolute atomic E-state index is 0.147. The van der Waals surface area contributed by atoms with Crippen LogP contribution >= 0.6 is 11.3 Å². The van der Waals surface area contributed by atoms with Gasteiger partial charge in [-0.3, -0.25) is 9.48 Å². The van der Waals surface area contributed by atoms with E-state index in [-0.39, 0.29) is 12.5 Å². The molecule has 1 aromatic carbocycles. The van der Waals surface area contributed by atoms with Gasteiger partial charge in [0.15, 0.2) is 11.6 Å². The molecule has 0 saturated carbocycles. The standard InChI is InChI=1S/C22H19F2N7OS/c1-22(2)18-17(20(32)31(22)11-12-4-5-13(23)14(24)10-12)29-19(33-18)15-6-8-25-21(27-15)28-16-7-9-26-30(16)3/h4-10H,11H2,1-3H3,(H,25,27,28). The van der Waals surface area contributed by atoms with Gasteiger partial charge in [-0.15, -0.1) is 11.3 Å². The third-order valence-corrected chi connectivity index (χ3v) is 6.96. The number of hydrogen-bond donors (Lipinski definition) is 1. The predicted molar refractivity (Wildman–Crippen MR) is 119 cm³/mol. The molecule has 3 aromatic heterocycles. The van der Waals surface area contributed by atoms with Gasteiger partial charge in [0.05, 0.1) is 16.6 Å². The number of nitrogens with one attached hydrogen (secondary N) is 1. The molecule has 4 aromatic rings. The molecule has 11 heteroatoms. The number of aromatic nitrogens is 5. The largest absolute Gasteiger partial charge is 0.323 e. The first kappa shape index (κ1) is 21.1. The average molecular weight is 468 g/mol. The molecular formula is C22H19F2N7OS. The van der Waals surface area contributed by atoms with Crippen molar-refractivity contribution in [3.8, 4) is 10.7 Å². The highest BCUT2D eigenvalue weighted by Gasteiger charge is 2.46. The predicted octanol–water partition coefficient (Wildman–Crippen LogP) is 4.25. The number of anilines is 2. The van der Waals surface area contributed by atoms with E-state index in [2.05, 4.69) is 25.4 Å². The van der Waals surface area contributed by atoms with Crippen molar-refractivity contribution in [2.75, 3.05) is 5.32 Å². The van der Waals surface area contributed by atoms with Crippen molar-refractivity contribution in [3.05, 3.63) is 70.5 Å². The van der Waals surface area contributed by atoms with Crippen LogP contribution in [0.2, 0.25) is 0 Å². The van der Waals surface area contributed by atoms with Crippen LogP contribution in [0, 0.1) is 11.6 Å². The number of rotatable bonds is 5. The van der Waals surface area contributed by atoms with E-state index in [0.29, 0.717) is 27.9 Å². The molecule has 0 spiro atoms. The van der Waals surface area contributed by atoms with Crippen molar-refractivity contribution in [2.45, 2.75) is 25.9 Å². The summed E-state index contributed by atoms with van der Waals surface area (Å²) in [5.41, 5.74) is 0.773. The van der Waals surface area contributed by atoms with Gasteiger partial charge in [0, 0.05) is 25.9 Å². The highest BCUT2D eigenvalue weighted by molar-refractivity contribution is 7.15. The summed E-state index contributed by atoms with van der Waals surface area (Å²) in [6.07, 6.45) is 3.28. The second-order valence-electron chi connectivity index (χ2n) is 8.13. The Balaban J connectivity index is 1.42. The Morgan fingerprint density at radius 2 is 1.91 bits per heavy atom. The zero-order valence-electron chi connectivity index (χ0n) is 18.0. The maximum Gasteiger partial charge on any atom is 0.274 e. The fourth-order valence-electron chi connectivity index (χ4n) is 3.73. The number of amides is 1. The molecule has 33 heavy (non-hydrogen) atoms. The lowest BCUT2D eigenvalue weighted by molar-refractivity contribution is 0.0595. The van der Waals surface area contributed by atoms with E-state index in [9.17, 15) is 13.6 Å². The van der Waals surface area contributed by atoms with Gasteiger partial charge in [0.1, 0.15) is 22.2 Å². The lowest BCUT2D eigenvalue weighted by atomic mass is 10.0. The Labute approximate surface area is 191 Å². The molecule has 0 radical (unpaired) electrons. The van der Waals surface area contributed by atoms with Crippen LogP contribution in [-0.2, 0) is 19.1 Å². The van der Waals surface area contributed by atoms with E-state index >= 15 is 0 Å². The number of benzene rings is 1. The molecule has 0 bridgehead atoms. The second-order valence-corrected chi connectivity index (χ2v) is 9.13. The van der Waals surface area contributed by atoms with Gasteiger partial charge in [0.25, 0.3) is 5.91 Å². The molecular weight excluding hydrogens is 448 g/mol. The smallest absolute Gasteiger partial charge is 0.274 e. The summed E-state index contributed by atoms with van der Waals surface area (Å²) in [7, 11) is 1.80. The Morgan fingerprint density at radius 1 is 1.09 bits per heavy atom. The van der Waals surface area contributed by atoms with Crippen molar-refractivity contribution in [1.29, 1.82) is 0 Å². The van der Waals surface area contributed by atoms with E-state index in [0.717, 1.165) is 22.8 Å². The molecule has 1 aliphatic rings. The topological polar surface area (TPSA) is 88.8 Å². The molecule has 168 valence electrons. The van der Waals surface area contributed by atoms with Crippen molar-refractivity contribution in [2.24, 2.45) is 7.05 Å². The summed E-state index contributed by atoms with van der Waals surface area (Å²) in [4.78, 5) is 28.9. The van der Waals surface area contributed by atoms with Gasteiger partial charge in [-0.1, -0.05) is 6.07 Å². The lowest BCUT2D eigenvalue weighted by Gasteiger charge is -2.32. The second kappa shape index (κ2) is 7.69. The molecule has 0 fully saturated rings. The first-order valence-electron chi connectivity index (χ1n) is 10.1. The Hall–Kier alpha value is -3.73. The van der Waals surface area contributed by atoms with Gasteiger partial charge in [-0.2, -0.15) is 5.10 Å². The van der Waals surface area contributed by atoms with Crippen LogP contribution in [0.5, 0.6) is 0 Å². The van der Waals surface area contributed by atoms with E-state index in [4.69, 9.17) is 0 Å². The van der Waals surface area contributed by atoms with Crippen molar-refractivity contribution < 1.29 is 13.6 Å². The molecule has 1 N–H and O–H groups in total. The summed E-state index contributed by atoms with van der Waals surface area (Å²) >= 11 is 1.38. The third-order valence-electron chi connectivity index (χ3n) is 5.57. The van der Waals surface area contributed by atoms with Crippen LogP contribution < -0.4 is 5.32 Å². The van der Waals surface area contributed by atoms with Crippen molar-refractivity contribution in [3.63, 3.8) is 0 Å². The summed E-state index contributed by atoms with van der Waals surface area (Å²) in [5, 5.41) is 7.81. The van der Waals surface area contributed by atoms with Crippen molar-refractivity contribution in [1.82, 2.24) is 29.6 Å². The summed E-state index contributed by atoms with van der Waals surface area (Å²) < 4.78 is 28.6. The number of carbonyl (C=O) groups is 1. The van der Waals surface area contributed by atoms with E-state index in [1.165, 1.54) is 17.4 Å². The maximum atomic E-state index is 13.6. The average Bonchev–Trinajstić information content (AvgIpc) is 3.45. The fourth-order valence-corrected chi connectivity index (χ4v) is 4.87. The number of thiazole rings is 1. The van der Waals surface area contributed by atoms with E-state index < -0.39 is 17.2 Å². The number of hydrogen-bond acceptors (Lipinski definition) is 7. The maximum absolute atomic E-state index is 13.6. The Morgan fingerprint density at radius 3 is 2.61 bits per heavy atom. The van der Waals surface area contributed by atoms with Crippen LogP contribution in [-0.4, -0.2) is 35.5 Å². The molecule has 5 rings (SSSR count). The number of nitrogens with zero attached hydrogens (tertiary/aromatic N) is 6. The molecule has 8 nitrogen and oxygen atoms in total. The number of carbonyl (C=O) groups excluding carboxylic acids is 1. The Bertz CT molecular complexity index is 1380. The fraction of sp³-hybridized carbons (Fsp3) is 0.227. The number of halogens is 2. The molecule has 4 heterocycles. The van der Waals surface area contributed by atoms with Crippen LogP contribution in [0.3, 0.4) is 0 Å². The van der Waals surface area contributed by atoms with Crippen LogP contribution in [0.15, 0.2) is 42.7 Å². The minimum atomic E-state index is -0.938. The van der Waals surface area contributed by atoms with Gasteiger partial charge >= 0.3 is 0 Å². The number of fused-ring (bicyclic) bond motifs is 1. The zero-order chi connectivity index (χ0) is 23.3. The molecule has 0 atom stereocenters. The van der Waals surface area contributed by atoms with Gasteiger partial charge in [0.2, 0.25) is 5.95 Å². The van der Waals surface area contributed by atoms with Gasteiger partial charge < -0.3 is 10.2 Å². The minimum Gasteiger partial charge on any atom is -0.323 e. The van der Waals surface area contributed by atoms with Crippen molar-refractivity contribution >= 4 is 29.0 Å². The van der Waals surface area contributed by atoms with Gasteiger partial charge in [-0.05, 0) is 37.6 Å². The lowest BCUT2D eigenvalue weighted by Crippen LogP contribution is -2.38. The molecule has 0 unspecified atom stereocenters. The summed E-state index contributed by atoms with van der Waals surface area (Å²) in [5.74, 6) is -0.996. The molecule has 1 amide bonds. The monoisotopic (exact) mass is 467 g/mol. The van der Waals surface area contributed by atoms with Crippen LogP contribution in [0.25, 0.3) is 10.7 Å². The van der Waals surface area contributed by atoms with E-state index in [1.807, 2.05) is 13.8 Å². The Kier molecular flexibility index (Phi) is 4.93. The van der Waals surface area contributed by atoms with Gasteiger partial charge in [-0.25, -0.2) is 23.7 Å². The first-order chi connectivity index (χ1) is 15.7. The molecule has 0 saturated heterocycles. The van der Waals surface area contributed by atoms with Crippen LogP contribution in [0.1, 0.15) is 34.8 Å². The van der Waals surface area contributed by atoms with E-state index in [1.54, 1.807) is 41.2 Å². The quantitative estimate of drug-likeness (QED) is 0.472. The van der Waals surface area contributed by atoms with Crippen LogP contribution in [0.4, 0.5) is 20.5 Å². The molecule has 0 aliphatic carbocycles. The summed E-state index contributed by atoms with van der Waals surface area (Å²) in [6.45, 7) is 3.97. The third kappa shape index (κ3) is 3.63. The highest BCUT2D eigenvalue weighted by Crippen LogP contribution is 2.44. The SMILES string of the molecule is Cn1nccc1Nc1nccc(-c2nc3c(s2)C(C)(C)N(Cc2ccc(F)c(F)c2)C3=O)n1. The molecule has 1 aliphatic heterocycles. The number of aryl methyl sites for hydroxylation is 1. The normalized spacial score (nSPS) is 14.6. The first-order valence-corrected chi connectivity index (χ1v) is 10.9. The zero-order valence-corrected chi connectivity index (χ0v) is 18.8. The summed E-state index contributed by atoms with van der Waals surface area (Å²) in [6, 6.07) is 7.19. The highest BCUT2D eigenvalue weighted by atomic mass is 32.1.